The standard InChI is InChI=1S/C42H32F6N2O3/c1-7-23-49(24-8-2)35-27-32(17-21-37(35)52-6)40(41(43,44)45,42(46,47)48)33-18-22-38(36(28-33)50(25-9-3)26-10-4)53-34-19-15-31(16-20-34)39(51)30-13-11-29(5)12-14-30/h1-4,11-22,27-28H,23-26H2,5-6H3. The molecule has 4 aromatic rings. The molecule has 0 atom stereocenters. The molecule has 0 fully saturated rings. The van der Waals surface area contributed by atoms with Crippen LogP contribution < -0.4 is 19.3 Å². The predicted octanol–water partition coefficient (Wildman–Crippen LogP) is 8.58. The number of aryl methyl sites for hydroxylation is 1. The fourth-order valence-corrected chi connectivity index (χ4v) is 5.80. The first kappa shape index (κ1) is 39.4. The van der Waals surface area contributed by atoms with E-state index in [1.165, 1.54) is 41.2 Å². The molecule has 0 aliphatic carbocycles. The van der Waals surface area contributed by atoms with Gasteiger partial charge in [0.25, 0.3) is 0 Å². The first-order valence-corrected chi connectivity index (χ1v) is 15.8. The smallest absolute Gasteiger partial charge is 0.411 e. The summed E-state index contributed by atoms with van der Waals surface area (Å²) in [5, 5.41) is 0. The third kappa shape index (κ3) is 8.06. The summed E-state index contributed by atoms with van der Waals surface area (Å²) in [4.78, 5) is 15.5. The van der Waals surface area contributed by atoms with E-state index in [2.05, 4.69) is 23.7 Å². The van der Waals surface area contributed by atoms with Crippen LogP contribution in [-0.4, -0.2) is 51.4 Å². The number of rotatable bonds is 13. The quantitative estimate of drug-likeness (QED) is 0.0785. The van der Waals surface area contributed by atoms with Crippen LogP contribution in [0.25, 0.3) is 0 Å². The van der Waals surface area contributed by atoms with Gasteiger partial charge in [-0.3, -0.25) is 4.79 Å². The topological polar surface area (TPSA) is 42.0 Å². The molecule has 0 saturated heterocycles. The molecule has 5 nitrogen and oxygen atoms in total. The highest BCUT2D eigenvalue weighted by molar-refractivity contribution is 6.09. The average Bonchev–Trinajstić information content (AvgIpc) is 3.11. The monoisotopic (exact) mass is 726 g/mol. The van der Waals surface area contributed by atoms with Crippen LogP contribution in [0, 0.1) is 56.3 Å². The van der Waals surface area contributed by atoms with Crippen molar-refractivity contribution in [1.29, 1.82) is 0 Å². The normalized spacial score (nSPS) is 11.3. The Morgan fingerprint density at radius 1 is 0.623 bits per heavy atom. The average molecular weight is 727 g/mol. The van der Waals surface area contributed by atoms with Gasteiger partial charge in [0.15, 0.2) is 11.5 Å². The van der Waals surface area contributed by atoms with Gasteiger partial charge in [-0.25, -0.2) is 0 Å². The number of alkyl halides is 6. The number of carbonyl (C=O) groups excluding carboxylic acids is 1. The highest BCUT2D eigenvalue weighted by atomic mass is 19.4. The summed E-state index contributed by atoms with van der Waals surface area (Å²) in [7, 11) is 1.20. The summed E-state index contributed by atoms with van der Waals surface area (Å²) in [6.45, 7) is 0.824. The lowest BCUT2D eigenvalue weighted by Crippen LogP contribution is -2.55. The van der Waals surface area contributed by atoms with Crippen LogP contribution in [0.1, 0.15) is 32.6 Å². The minimum atomic E-state index is -5.96. The van der Waals surface area contributed by atoms with E-state index in [0.29, 0.717) is 29.3 Å². The van der Waals surface area contributed by atoms with Crippen molar-refractivity contribution in [3.8, 4) is 66.6 Å². The second-order valence-electron chi connectivity index (χ2n) is 11.7. The van der Waals surface area contributed by atoms with E-state index < -0.39 is 28.9 Å². The van der Waals surface area contributed by atoms with E-state index in [4.69, 9.17) is 35.2 Å². The lowest BCUT2D eigenvalue weighted by atomic mass is 9.72. The number of ketones is 1. The van der Waals surface area contributed by atoms with Crippen molar-refractivity contribution in [3.63, 3.8) is 0 Å². The van der Waals surface area contributed by atoms with E-state index in [1.54, 1.807) is 24.3 Å². The number of nitrogens with zero attached hydrogens (tertiary/aromatic N) is 2. The SMILES string of the molecule is C#CCN(CC#C)c1cc(C(c2ccc(Oc3ccc(C(=O)c4ccc(C)cc4)cc3)c(N(CC#C)CC#C)c2)(C(F)(F)F)C(F)(F)F)ccc1OC. The van der Waals surface area contributed by atoms with Crippen LogP contribution in [-0.2, 0) is 5.41 Å². The number of terminal acetylenes is 4. The van der Waals surface area contributed by atoms with Crippen LogP contribution >= 0.6 is 0 Å². The maximum absolute atomic E-state index is 15.4. The molecular formula is C42H32F6N2O3. The van der Waals surface area contributed by atoms with Crippen molar-refractivity contribution in [3.05, 3.63) is 113 Å². The Labute approximate surface area is 304 Å². The summed E-state index contributed by atoms with van der Waals surface area (Å²) in [5.41, 5.74) is -5.66. The Bertz CT molecular complexity index is 2060. The van der Waals surface area contributed by atoms with Crippen molar-refractivity contribution in [2.75, 3.05) is 43.1 Å². The number of methoxy groups -OCH3 is 1. The van der Waals surface area contributed by atoms with Gasteiger partial charge >= 0.3 is 12.4 Å². The minimum absolute atomic E-state index is 0.0530. The molecule has 0 aliphatic rings. The van der Waals surface area contributed by atoms with Crippen LogP contribution in [0.3, 0.4) is 0 Å². The molecule has 0 amide bonds. The van der Waals surface area contributed by atoms with Gasteiger partial charge in [0.2, 0.25) is 5.41 Å². The highest BCUT2D eigenvalue weighted by Crippen LogP contribution is 2.58. The van der Waals surface area contributed by atoms with Crippen LogP contribution in [0.4, 0.5) is 37.7 Å². The van der Waals surface area contributed by atoms with Crippen LogP contribution in [0.5, 0.6) is 17.2 Å². The molecule has 0 spiro atoms. The molecule has 0 saturated carbocycles. The number of hydrogen-bond acceptors (Lipinski definition) is 5. The minimum Gasteiger partial charge on any atom is -0.495 e. The summed E-state index contributed by atoms with van der Waals surface area (Å²) >= 11 is 0. The number of carbonyl (C=O) groups is 1. The number of ether oxygens (including phenoxy) is 2. The molecule has 0 heterocycles. The molecule has 4 rings (SSSR count). The first-order chi connectivity index (χ1) is 25.2. The van der Waals surface area contributed by atoms with Gasteiger partial charge in [0, 0.05) is 11.1 Å². The maximum atomic E-state index is 15.4. The van der Waals surface area contributed by atoms with E-state index in [9.17, 15) is 4.79 Å². The van der Waals surface area contributed by atoms with Gasteiger partial charge in [-0.15, -0.1) is 25.7 Å². The second-order valence-corrected chi connectivity index (χ2v) is 11.7. The zero-order chi connectivity index (χ0) is 39.0. The van der Waals surface area contributed by atoms with Crippen molar-refractivity contribution < 1.29 is 40.6 Å². The predicted molar refractivity (Wildman–Crippen MR) is 193 cm³/mol. The molecule has 270 valence electrons. The lowest BCUT2D eigenvalue weighted by molar-refractivity contribution is -0.288. The molecule has 0 N–H and O–H groups in total. The van der Waals surface area contributed by atoms with Gasteiger partial charge < -0.3 is 19.3 Å². The molecule has 0 aromatic heterocycles. The third-order valence-corrected chi connectivity index (χ3v) is 8.32. The summed E-state index contributed by atoms with van der Waals surface area (Å²) in [6.07, 6.45) is 10.0. The van der Waals surface area contributed by atoms with Gasteiger partial charge in [-0.1, -0.05) is 65.6 Å². The number of anilines is 2. The molecule has 0 bridgehead atoms. The largest absolute Gasteiger partial charge is 0.495 e. The highest BCUT2D eigenvalue weighted by Gasteiger charge is 2.72. The number of benzene rings is 4. The van der Waals surface area contributed by atoms with Crippen molar-refractivity contribution in [2.45, 2.75) is 24.7 Å². The first-order valence-electron chi connectivity index (χ1n) is 15.8. The molecular weight excluding hydrogens is 694 g/mol. The lowest BCUT2D eigenvalue weighted by Gasteiger charge is -2.39. The Morgan fingerprint density at radius 2 is 1.02 bits per heavy atom. The summed E-state index contributed by atoms with van der Waals surface area (Å²) in [6, 6.07) is 17.6. The fourth-order valence-electron chi connectivity index (χ4n) is 5.80. The zero-order valence-electron chi connectivity index (χ0n) is 28.6. The Balaban J connectivity index is 1.93. The van der Waals surface area contributed by atoms with E-state index in [-0.39, 0.29) is 60.6 Å². The molecule has 0 radical (unpaired) electrons. The van der Waals surface area contributed by atoms with E-state index in [1.807, 2.05) is 6.92 Å². The van der Waals surface area contributed by atoms with Gasteiger partial charge in [-0.05, 0) is 66.6 Å². The third-order valence-electron chi connectivity index (χ3n) is 8.32. The zero-order valence-corrected chi connectivity index (χ0v) is 28.6. The Morgan fingerprint density at radius 3 is 1.42 bits per heavy atom. The van der Waals surface area contributed by atoms with Crippen molar-refractivity contribution >= 4 is 17.2 Å². The molecule has 0 aliphatic heterocycles. The molecule has 53 heavy (non-hydrogen) atoms. The molecule has 4 aromatic carbocycles. The molecule has 11 heteroatoms. The van der Waals surface area contributed by atoms with Crippen LogP contribution in [0.15, 0.2) is 84.9 Å². The van der Waals surface area contributed by atoms with Gasteiger partial charge in [0.05, 0.1) is 44.7 Å². The number of hydrogen-bond donors (Lipinski definition) is 0. The maximum Gasteiger partial charge on any atom is 0.411 e. The van der Waals surface area contributed by atoms with Gasteiger partial charge in [0.1, 0.15) is 11.5 Å². The van der Waals surface area contributed by atoms with E-state index >= 15 is 26.3 Å². The molecule has 0 unspecified atom stereocenters. The summed E-state index contributed by atoms with van der Waals surface area (Å²) < 4.78 is 104. The van der Waals surface area contributed by atoms with Crippen molar-refractivity contribution in [1.82, 2.24) is 0 Å². The van der Waals surface area contributed by atoms with Crippen LogP contribution in [0.2, 0.25) is 0 Å². The Hall–Kier alpha value is -6.43. The summed E-state index contributed by atoms with van der Waals surface area (Å²) in [5.74, 6) is 8.91. The van der Waals surface area contributed by atoms with E-state index in [0.717, 1.165) is 23.8 Å². The Kier molecular flexibility index (Phi) is 12.1. The van der Waals surface area contributed by atoms with Gasteiger partial charge in [-0.2, -0.15) is 26.3 Å². The second kappa shape index (κ2) is 16.3. The van der Waals surface area contributed by atoms with Crippen molar-refractivity contribution in [2.24, 2.45) is 0 Å². The fraction of sp³-hybridized carbons (Fsp3) is 0.214. The number of halogens is 6.